The molecule has 2 aliphatic rings. The third-order valence-corrected chi connectivity index (χ3v) is 6.46. The second kappa shape index (κ2) is 7.64. The van der Waals surface area contributed by atoms with E-state index in [-0.39, 0.29) is 5.41 Å². The highest BCUT2D eigenvalue weighted by atomic mass is 32.1. The molecule has 0 spiro atoms. The fraction of sp³-hybridized carbons (Fsp3) is 0.440. The van der Waals surface area contributed by atoms with Crippen LogP contribution in [0.1, 0.15) is 70.6 Å². The van der Waals surface area contributed by atoms with Crippen molar-refractivity contribution < 1.29 is 0 Å². The van der Waals surface area contributed by atoms with Gasteiger partial charge < -0.3 is 0 Å². The average molecular weight is 365 g/mol. The molecule has 2 aliphatic carbocycles. The lowest BCUT2D eigenvalue weighted by Gasteiger charge is -2.43. The monoisotopic (exact) mass is 364 g/mol. The largest absolute Gasteiger partial charge is 0.143 e. The normalized spacial score (nSPS) is 21.9. The topological polar surface area (TPSA) is 0 Å². The van der Waals surface area contributed by atoms with Gasteiger partial charge >= 0.3 is 0 Å². The van der Waals surface area contributed by atoms with E-state index in [0.717, 1.165) is 24.2 Å². The van der Waals surface area contributed by atoms with E-state index in [1.807, 2.05) is 0 Å². The molecule has 1 heteroatoms. The lowest BCUT2D eigenvalue weighted by molar-refractivity contribution is 0.521. The maximum absolute atomic E-state index is 4.76. The number of rotatable bonds is 4. The summed E-state index contributed by atoms with van der Waals surface area (Å²) in [5, 5.41) is 0. The minimum absolute atomic E-state index is 0.0500. The number of fused-ring (bicyclic) bond motifs is 1. The molecule has 3 rings (SSSR count). The van der Waals surface area contributed by atoms with Crippen molar-refractivity contribution in [3.8, 4) is 0 Å². The Kier molecular flexibility index (Phi) is 5.67. The Morgan fingerprint density at radius 1 is 1.23 bits per heavy atom. The first kappa shape index (κ1) is 19.3. The molecular weight excluding hydrogens is 332 g/mol. The van der Waals surface area contributed by atoms with Crippen molar-refractivity contribution in [2.45, 2.75) is 70.6 Å². The molecular formula is C25H32S. The van der Waals surface area contributed by atoms with Gasteiger partial charge in [0, 0.05) is 10.3 Å². The fourth-order valence-corrected chi connectivity index (χ4v) is 5.20. The summed E-state index contributed by atoms with van der Waals surface area (Å²) in [4.78, 5) is 1.09. The van der Waals surface area contributed by atoms with Crippen LogP contribution in [0.3, 0.4) is 0 Å². The van der Waals surface area contributed by atoms with Crippen LogP contribution < -0.4 is 0 Å². The first-order valence-corrected chi connectivity index (χ1v) is 10.4. The summed E-state index contributed by atoms with van der Waals surface area (Å²) in [5.74, 6) is 0.631. The molecule has 138 valence electrons. The number of allylic oxidation sites excluding steroid dienone is 7. The van der Waals surface area contributed by atoms with Crippen molar-refractivity contribution in [1.29, 1.82) is 0 Å². The Hall–Kier alpha value is -1.47. The minimum Gasteiger partial charge on any atom is -0.143 e. The van der Waals surface area contributed by atoms with E-state index in [4.69, 9.17) is 12.6 Å². The molecule has 1 atom stereocenters. The summed E-state index contributed by atoms with van der Waals surface area (Å²) in [5.41, 5.74) is 9.04. The molecule has 0 nitrogen and oxygen atoms in total. The molecule has 1 aromatic rings. The van der Waals surface area contributed by atoms with Crippen molar-refractivity contribution >= 4 is 18.7 Å². The second-order valence-corrected chi connectivity index (χ2v) is 8.64. The Morgan fingerprint density at radius 3 is 2.69 bits per heavy atom. The molecule has 26 heavy (non-hydrogen) atoms. The van der Waals surface area contributed by atoms with Gasteiger partial charge in [0.1, 0.15) is 0 Å². The van der Waals surface area contributed by atoms with E-state index in [2.05, 4.69) is 77.1 Å². The van der Waals surface area contributed by atoms with Gasteiger partial charge in [-0.3, -0.25) is 0 Å². The molecule has 0 aromatic heterocycles. The van der Waals surface area contributed by atoms with Gasteiger partial charge in [0.15, 0.2) is 0 Å². The zero-order valence-electron chi connectivity index (χ0n) is 16.9. The van der Waals surface area contributed by atoms with Crippen molar-refractivity contribution in [2.24, 2.45) is 5.92 Å². The first-order valence-electron chi connectivity index (χ1n) is 9.95. The third-order valence-electron chi connectivity index (χ3n) is 6.07. The number of hydrogen-bond acceptors (Lipinski definition) is 1. The van der Waals surface area contributed by atoms with E-state index in [1.165, 1.54) is 28.7 Å². The Bertz CT molecular complexity index is 815. The molecule has 0 amide bonds. The van der Waals surface area contributed by atoms with Gasteiger partial charge in [-0.25, -0.2) is 0 Å². The Labute approximate surface area is 165 Å². The van der Waals surface area contributed by atoms with Crippen LogP contribution in [-0.4, -0.2) is 0 Å². The third kappa shape index (κ3) is 3.27. The van der Waals surface area contributed by atoms with E-state index < -0.39 is 0 Å². The lowest BCUT2D eigenvalue weighted by Crippen LogP contribution is -2.33. The lowest BCUT2D eigenvalue weighted by atomic mass is 9.61. The standard InChI is InChI=1S/C25H32S/c1-6-8-9-11-18-13-12-17(3)24-20(18)16-21-19(10-7-2)23(26)15-14-22(21)25(24,4)5/h7-10,12,14-15,18,26H,6,11,13,16H2,1-5H3/b9-8?,10-7-. The van der Waals surface area contributed by atoms with E-state index >= 15 is 0 Å². The summed E-state index contributed by atoms with van der Waals surface area (Å²) in [6, 6.07) is 4.48. The Balaban J connectivity index is 2.15. The second-order valence-electron chi connectivity index (χ2n) is 8.16. The molecule has 0 saturated heterocycles. The molecule has 0 fully saturated rings. The molecule has 0 saturated carbocycles. The van der Waals surface area contributed by atoms with Crippen LogP contribution in [0.4, 0.5) is 0 Å². The summed E-state index contributed by atoms with van der Waals surface area (Å²) < 4.78 is 0. The molecule has 0 heterocycles. The van der Waals surface area contributed by atoms with Gasteiger partial charge in [0.05, 0.1) is 0 Å². The average Bonchev–Trinajstić information content (AvgIpc) is 2.59. The van der Waals surface area contributed by atoms with Crippen LogP contribution in [0.5, 0.6) is 0 Å². The van der Waals surface area contributed by atoms with Gasteiger partial charge in [-0.2, -0.15) is 0 Å². The summed E-state index contributed by atoms with van der Waals surface area (Å²) in [6.07, 6.45) is 16.0. The SMILES string of the molecule is C/C=C\c1c(S)ccc2c1CC1=C(C(C)=CCC1CC=CCC)C2(C)C. The highest BCUT2D eigenvalue weighted by molar-refractivity contribution is 7.80. The van der Waals surface area contributed by atoms with Crippen LogP contribution in [0, 0.1) is 5.92 Å². The fourth-order valence-electron chi connectivity index (χ4n) is 4.92. The van der Waals surface area contributed by atoms with Crippen molar-refractivity contribution in [3.63, 3.8) is 0 Å². The van der Waals surface area contributed by atoms with Gasteiger partial charge in [-0.1, -0.05) is 68.4 Å². The van der Waals surface area contributed by atoms with Gasteiger partial charge in [0.2, 0.25) is 0 Å². The van der Waals surface area contributed by atoms with Crippen LogP contribution in [0.2, 0.25) is 0 Å². The summed E-state index contributed by atoms with van der Waals surface area (Å²) in [7, 11) is 0. The number of thiol groups is 1. The predicted molar refractivity (Wildman–Crippen MR) is 118 cm³/mol. The highest BCUT2D eigenvalue weighted by Gasteiger charge is 2.39. The predicted octanol–water partition coefficient (Wildman–Crippen LogP) is 7.46. The zero-order valence-corrected chi connectivity index (χ0v) is 17.8. The molecule has 0 N–H and O–H groups in total. The molecule has 0 bridgehead atoms. The molecule has 1 aromatic carbocycles. The maximum atomic E-state index is 4.76. The van der Waals surface area contributed by atoms with E-state index in [9.17, 15) is 0 Å². The van der Waals surface area contributed by atoms with Crippen LogP contribution >= 0.6 is 12.6 Å². The van der Waals surface area contributed by atoms with Crippen LogP contribution in [0.15, 0.2) is 58.1 Å². The first-order chi connectivity index (χ1) is 12.4. The zero-order chi connectivity index (χ0) is 18.9. The van der Waals surface area contributed by atoms with Crippen molar-refractivity contribution in [1.82, 2.24) is 0 Å². The molecule has 0 aliphatic heterocycles. The van der Waals surface area contributed by atoms with Crippen molar-refractivity contribution in [3.05, 3.63) is 69.8 Å². The van der Waals surface area contributed by atoms with E-state index in [1.54, 1.807) is 11.1 Å². The summed E-state index contributed by atoms with van der Waals surface area (Å²) in [6.45, 7) is 11.4. The van der Waals surface area contributed by atoms with Crippen LogP contribution in [0.25, 0.3) is 6.08 Å². The van der Waals surface area contributed by atoms with Gasteiger partial charge in [-0.05, 0) is 73.8 Å². The molecule has 0 radical (unpaired) electrons. The summed E-state index contributed by atoms with van der Waals surface area (Å²) >= 11 is 4.76. The maximum Gasteiger partial charge on any atom is 0.0151 e. The minimum atomic E-state index is 0.0500. The highest BCUT2D eigenvalue weighted by Crippen LogP contribution is 2.50. The molecule has 1 unspecified atom stereocenters. The number of hydrogen-bond donors (Lipinski definition) is 1. The van der Waals surface area contributed by atoms with Crippen LogP contribution in [-0.2, 0) is 11.8 Å². The smallest absolute Gasteiger partial charge is 0.0151 e. The van der Waals surface area contributed by atoms with Crippen molar-refractivity contribution in [2.75, 3.05) is 0 Å². The quantitative estimate of drug-likeness (QED) is 0.416. The Morgan fingerprint density at radius 2 is 2.00 bits per heavy atom. The van der Waals surface area contributed by atoms with E-state index in [0.29, 0.717) is 5.92 Å². The van der Waals surface area contributed by atoms with Gasteiger partial charge in [-0.15, -0.1) is 12.6 Å². The van der Waals surface area contributed by atoms with Gasteiger partial charge in [0.25, 0.3) is 0 Å². The number of benzene rings is 1.